The second-order valence-electron chi connectivity index (χ2n) is 7.41. The van der Waals surface area contributed by atoms with Gasteiger partial charge in [0.2, 0.25) is 0 Å². The number of thioether (sulfide) groups is 1. The van der Waals surface area contributed by atoms with Crippen LogP contribution in [0.5, 0.6) is 0 Å². The van der Waals surface area contributed by atoms with Crippen LogP contribution in [0.3, 0.4) is 0 Å². The predicted octanol–water partition coefficient (Wildman–Crippen LogP) is 0.214. The van der Waals surface area contributed by atoms with E-state index in [0.29, 0.717) is 11.4 Å². The van der Waals surface area contributed by atoms with Crippen molar-refractivity contribution in [3.8, 4) is 10.4 Å². The molecule has 0 saturated carbocycles. The van der Waals surface area contributed by atoms with Crippen molar-refractivity contribution in [3.05, 3.63) is 87.0 Å². The maximum atomic E-state index is 13.3. The van der Waals surface area contributed by atoms with E-state index in [2.05, 4.69) is 6.07 Å². The van der Waals surface area contributed by atoms with Crippen LogP contribution in [0, 0.1) is 0 Å². The summed E-state index contributed by atoms with van der Waals surface area (Å²) in [7, 11) is 0. The van der Waals surface area contributed by atoms with Crippen LogP contribution in [-0.2, 0) is 17.8 Å². The van der Waals surface area contributed by atoms with E-state index in [-0.39, 0.29) is 30.2 Å². The number of carbonyl (C=O) groups excluding carboxylic acids is 1. The maximum absolute atomic E-state index is 13.3. The topological polar surface area (TPSA) is 82.4 Å². The number of carboxylic acids is 1. The zero-order valence-electron chi connectivity index (χ0n) is 17.4. The molecule has 1 N–H and O–H groups in total. The standard InChI is InChI=1S/C24H19NO4S2.Li/c26-12-18-17(11-15-7-3-6-14-5-1-2-8-16(14)15)21(20-9-4-10-30-20)23-25(22(18)27)19(13-31-23)24(28)29;/h1-10,19,26H,11-13H2,(H,28,29);/q;+1/p-1/t19-;/m0./s1. The third kappa shape index (κ3) is 3.74. The molecule has 5 rings (SSSR count). The molecule has 8 heteroatoms. The Labute approximate surface area is 204 Å². The van der Waals surface area contributed by atoms with Gasteiger partial charge < -0.3 is 15.0 Å². The summed E-state index contributed by atoms with van der Waals surface area (Å²) >= 11 is 2.89. The number of rotatable bonds is 5. The van der Waals surface area contributed by atoms with Gasteiger partial charge in [-0.3, -0.25) is 9.36 Å². The molecule has 1 aliphatic heterocycles. The number of benzene rings is 2. The van der Waals surface area contributed by atoms with E-state index in [0.717, 1.165) is 32.3 Å². The molecule has 2 aromatic heterocycles. The Bertz CT molecular complexity index is 1360. The van der Waals surface area contributed by atoms with E-state index < -0.39 is 24.2 Å². The van der Waals surface area contributed by atoms with Gasteiger partial charge in [-0.05, 0) is 39.8 Å². The van der Waals surface area contributed by atoms with Crippen molar-refractivity contribution in [2.45, 2.75) is 24.1 Å². The molecule has 0 spiro atoms. The quantitative estimate of drug-likeness (QED) is 0.436. The molecular weight excluding hydrogens is 437 g/mol. The summed E-state index contributed by atoms with van der Waals surface area (Å²) in [6.45, 7) is -0.456. The molecule has 4 aromatic rings. The monoisotopic (exact) mass is 455 g/mol. The van der Waals surface area contributed by atoms with Crippen LogP contribution in [0.25, 0.3) is 21.2 Å². The van der Waals surface area contributed by atoms with Crippen molar-refractivity contribution in [1.29, 1.82) is 0 Å². The Balaban J connectivity index is 0.00000245. The number of aliphatic carboxylic acids is 1. The third-order valence-electron chi connectivity index (χ3n) is 5.71. The first-order chi connectivity index (χ1) is 15.1. The average Bonchev–Trinajstić information content (AvgIpc) is 3.45. The molecular formula is C24H18LiNO4S2. The van der Waals surface area contributed by atoms with Crippen LogP contribution < -0.4 is 29.5 Å². The summed E-state index contributed by atoms with van der Waals surface area (Å²) < 4.78 is 1.30. The molecule has 0 bridgehead atoms. The fraction of sp³-hybridized carbons (Fsp3) is 0.167. The van der Waals surface area contributed by atoms with Gasteiger partial charge in [0.15, 0.2) is 0 Å². The molecule has 1 aliphatic rings. The number of aliphatic hydroxyl groups excluding tert-OH is 1. The number of carboxylic acid groups (broad SMARTS) is 1. The van der Waals surface area contributed by atoms with Gasteiger partial charge in [-0.25, -0.2) is 0 Å². The van der Waals surface area contributed by atoms with E-state index in [1.165, 1.54) is 27.7 Å². The number of nitrogens with zero attached hydrogens (tertiary/aromatic N) is 1. The third-order valence-corrected chi connectivity index (χ3v) is 7.75. The van der Waals surface area contributed by atoms with Gasteiger partial charge in [-0.1, -0.05) is 48.5 Å². The summed E-state index contributed by atoms with van der Waals surface area (Å²) in [5.41, 5.74) is 2.43. The van der Waals surface area contributed by atoms with Gasteiger partial charge in [-0.2, -0.15) is 0 Å². The number of fused-ring (bicyclic) bond motifs is 2. The zero-order valence-corrected chi connectivity index (χ0v) is 19.0. The van der Waals surface area contributed by atoms with Crippen LogP contribution in [0.2, 0.25) is 0 Å². The van der Waals surface area contributed by atoms with Crippen LogP contribution in [0.15, 0.2) is 69.8 Å². The summed E-state index contributed by atoms with van der Waals surface area (Å²) in [6.07, 6.45) is 0.462. The van der Waals surface area contributed by atoms with E-state index in [4.69, 9.17) is 0 Å². The minimum absolute atomic E-state index is 0. The van der Waals surface area contributed by atoms with E-state index >= 15 is 0 Å². The Morgan fingerprint density at radius 2 is 1.88 bits per heavy atom. The smallest absolute Gasteiger partial charge is 0.548 e. The minimum Gasteiger partial charge on any atom is -0.548 e. The Morgan fingerprint density at radius 3 is 2.59 bits per heavy atom. The summed E-state index contributed by atoms with van der Waals surface area (Å²) in [4.78, 5) is 25.9. The largest absolute Gasteiger partial charge is 1.00 e. The van der Waals surface area contributed by atoms with Gasteiger partial charge in [0.1, 0.15) is 0 Å². The van der Waals surface area contributed by atoms with Crippen molar-refractivity contribution in [2.75, 3.05) is 5.75 Å². The number of hydrogen-bond acceptors (Lipinski definition) is 6. The fourth-order valence-corrected chi connectivity index (χ4v) is 6.46. The van der Waals surface area contributed by atoms with Crippen LogP contribution in [-0.4, -0.2) is 21.4 Å². The van der Waals surface area contributed by atoms with Crippen LogP contribution in [0.1, 0.15) is 22.7 Å². The normalized spacial score (nSPS) is 14.8. The second kappa shape index (κ2) is 9.30. The molecule has 32 heavy (non-hydrogen) atoms. The van der Waals surface area contributed by atoms with Crippen molar-refractivity contribution in [2.24, 2.45) is 0 Å². The van der Waals surface area contributed by atoms with Crippen LogP contribution in [0.4, 0.5) is 0 Å². The van der Waals surface area contributed by atoms with Crippen molar-refractivity contribution < 1.29 is 33.9 Å². The molecule has 0 radical (unpaired) electrons. The summed E-state index contributed by atoms with van der Waals surface area (Å²) in [6, 6.07) is 17.0. The molecule has 0 saturated heterocycles. The number of aromatic nitrogens is 1. The van der Waals surface area contributed by atoms with E-state index in [1.807, 2.05) is 53.9 Å². The molecule has 0 unspecified atom stereocenters. The zero-order chi connectivity index (χ0) is 21.5. The molecule has 5 nitrogen and oxygen atoms in total. The van der Waals surface area contributed by atoms with Crippen molar-refractivity contribution in [1.82, 2.24) is 4.57 Å². The molecule has 0 aliphatic carbocycles. The van der Waals surface area contributed by atoms with Gasteiger partial charge in [0, 0.05) is 21.8 Å². The average molecular weight is 455 g/mol. The van der Waals surface area contributed by atoms with Gasteiger partial charge in [-0.15, -0.1) is 23.1 Å². The number of carbonyl (C=O) groups is 1. The summed E-state index contributed by atoms with van der Waals surface area (Å²) in [5.74, 6) is -1.05. The molecule has 0 amide bonds. The van der Waals surface area contributed by atoms with Crippen molar-refractivity contribution >= 4 is 39.8 Å². The van der Waals surface area contributed by atoms with E-state index in [9.17, 15) is 19.8 Å². The fourth-order valence-electron chi connectivity index (χ4n) is 4.27. The Morgan fingerprint density at radius 1 is 1.09 bits per heavy atom. The molecule has 2 aromatic carbocycles. The Kier molecular flexibility index (Phi) is 6.66. The van der Waals surface area contributed by atoms with Crippen molar-refractivity contribution in [3.63, 3.8) is 0 Å². The summed E-state index contributed by atoms with van der Waals surface area (Å²) in [5, 5.41) is 26.7. The predicted molar refractivity (Wildman–Crippen MR) is 121 cm³/mol. The Hall–Kier alpha value is -2.27. The first kappa shape index (κ1) is 22.9. The first-order valence-electron chi connectivity index (χ1n) is 9.85. The number of aliphatic hydroxyl groups is 1. The van der Waals surface area contributed by atoms with Crippen LogP contribution >= 0.6 is 23.1 Å². The first-order valence-corrected chi connectivity index (χ1v) is 11.7. The number of thiophene rings is 1. The van der Waals surface area contributed by atoms with Gasteiger partial charge in [0.25, 0.3) is 5.56 Å². The SMILES string of the molecule is O=C([O-])[C@@H]1CSc2c(-c3cccs3)c(Cc3cccc4ccccc34)c(CO)c(=O)n21.[Li+]. The number of hydrogen-bond donors (Lipinski definition) is 1. The minimum atomic E-state index is -1.28. The van der Waals surface area contributed by atoms with E-state index in [1.54, 1.807) is 0 Å². The second-order valence-corrected chi connectivity index (χ2v) is 9.37. The molecule has 3 heterocycles. The number of pyridine rings is 1. The van der Waals surface area contributed by atoms with Gasteiger partial charge >= 0.3 is 18.9 Å². The maximum Gasteiger partial charge on any atom is 1.00 e. The van der Waals surface area contributed by atoms with Gasteiger partial charge in [0.05, 0.1) is 23.6 Å². The molecule has 0 fully saturated rings. The molecule has 1 atom stereocenters. The molecule has 156 valence electrons.